The quantitative estimate of drug-likeness (QED) is 0.850. The second-order valence-electron chi connectivity index (χ2n) is 5.16. The standard InChI is InChI=1S/C15H19NO3/c1-9(2)12-8-10(4-6-13(12)19-3)11-5-7-14(17)16-15(11)18/h4,6,8-9,11H,5,7H2,1-3H3,(H,16,17,18). The van der Waals surface area contributed by atoms with Crippen molar-refractivity contribution < 1.29 is 14.3 Å². The summed E-state index contributed by atoms with van der Waals surface area (Å²) in [6, 6.07) is 5.82. The number of benzene rings is 1. The van der Waals surface area contributed by atoms with Crippen LogP contribution in [-0.2, 0) is 9.59 Å². The fourth-order valence-corrected chi connectivity index (χ4v) is 2.43. The number of hydrogen-bond donors (Lipinski definition) is 1. The molecule has 0 saturated carbocycles. The molecule has 1 heterocycles. The van der Waals surface area contributed by atoms with Gasteiger partial charge >= 0.3 is 0 Å². The van der Waals surface area contributed by atoms with Crippen LogP contribution >= 0.6 is 0 Å². The van der Waals surface area contributed by atoms with Crippen molar-refractivity contribution in [3.8, 4) is 5.75 Å². The highest BCUT2D eigenvalue weighted by Crippen LogP contribution is 2.32. The molecule has 2 amide bonds. The molecule has 1 fully saturated rings. The molecule has 1 aromatic rings. The third-order valence-corrected chi connectivity index (χ3v) is 3.52. The lowest BCUT2D eigenvalue weighted by molar-refractivity contribution is -0.134. The molecule has 1 aliphatic rings. The number of nitrogens with one attached hydrogen (secondary N) is 1. The van der Waals surface area contributed by atoms with Crippen LogP contribution in [0.2, 0.25) is 0 Å². The van der Waals surface area contributed by atoms with E-state index in [9.17, 15) is 9.59 Å². The largest absolute Gasteiger partial charge is 0.496 e. The molecule has 1 aliphatic heterocycles. The van der Waals surface area contributed by atoms with E-state index in [1.165, 1.54) is 0 Å². The van der Waals surface area contributed by atoms with Crippen molar-refractivity contribution in [1.29, 1.82) is 0 Å². The van der Waals surface area contributed by atoms with E-state index in [4.69, 9.17) is 4.74 Å². The summed E-state index contributed by atoms with van der Waals surface area (Å²) in [7, 11) is 1.65. The number of ether oxygens (including phenoxy) is 1. The van der Waals surface area contributed by atoms with Gasteiger partial charge in [0.25, 0.3) is 0 Å². The topological polar surface area (TPSA) is 55.4 Å². The first-order valence-corrected chi connectivity index (χ1v) is 6.54. The molecule has 1 aromatic carbocycles. The molecule has 0 aliphatic carbocycles. The highest BCUT2D eigenvalue weighted by Gasteiger charge is 2.28. The predicted octanol–water partition coefficient (Wildman–Crippen LogP) is 2.34. The summed E-state index contributed by atoms with van der Waals surface area (Å²) in [5, 5.41) is 2.40. The molecule has 0 spiro atoms. The van der Waals surface area contributed by atoms with Crippen LogP contribution in [-0.4, -0.2) is 18.9 Å². The Labute approximate surface area is 113 Å². The molecule has 0 radical (unpaired) electrons. The van der Waals surface area contributed by atoms with Crippen LogP contribution in [0, 0.1) is 0 Å². The van der Waals surface area contributed by atoms with Crippen molar-refractivity contribution in [2.45, 2.75) is 38.5 Å². The number of carbonyl (C=O) groups excluding carboxylic acids is 2. The Hall–Kier alpha value is -1.84. The minimum absolute atomic E-state index is 0.182. The lowest BCUT2D eigenvalue weighted by Gasteiger charge is -2.22. The number of imide groups is 1. The number of rotatable bonds is 3. The number of carbonyl (C=O) groups is 2. The van der Waals surface area contributed by atoms with E-state index in [0.29, 0.717) is 18.8 Å². The van der Waals surface area contributed by atoms with Gasteiger partial charge in [0.05, 0.1) is 13.0 Å². The molecule has 1 saturated heterocycles. The summed E-state index contributed by atoms with van der Waals surface area (Å²) in [6.45, 7) is 4.18. The van der Waals surface area contributed by atoms with Gasteiger partial charge in [-0.2, -0.15) is 0 Å². The highest BCUT2D eigenvalue weighted by atomic mass is 16.5. The average molecular weight is 261 g/mol. The van der Waals surface area contributed by atoms with Crippen molar-refractivity contribution in [3.63, 3.8) is 0 Å². The van der Waals surface area contributed by atoms with E-state index >= 15 is 0 Å². The molecule has 4 nitrogen and oxygen atoms in total. The van der Waals surface area contributed by atoms with Crippen molar-refractivity contribution in [2.24, 2.45) is 0 Å². The summed E-state index contributed by atoms with van der Waals surface area (Å²) >= 11 is 0. The number of methoxy groups -OCH3 is 1. The Morgan fingerprint density at radius 2 is 2.05 bits per heavy atom. The van der Waals surface area contributed by atoms with Gasteiger partial charge in [-0.05, 0) is 29.5 Å². The van der Waals surface area contributed by atoms with E-state index in [-0.39, 0.29) is 17.7 Å². The van der Waals surface area contributed by atoms with Crippen LogP contribution in [0.15, 0.2) is 18.2 Å². The maximum Gasteiger partial charge on any atom is 0.234 e. The molecule has 1 unspecified atom stereocenters. The highest BCUT2D eigenvalue weighted by molar-refractivity contribution is 6.00. The van der Waals surface area contributed by atoms with E-state index in [1.54, 1.807) is 7.11 Å². The minimum Gasteiger partial charge on any atom is -0.496 e. The van der Waals surface area contributed by atoms with Gasteiger partial charge in [0.15, 0.2) is 0 Å². The lowest BCUT2D eigenvalue weighted by atomic mass is 9.88. The Morgan fingerprint density at radius 3 is 2.63 bits per heavy atom. The maximum atomic E-state index is 11.9. The molecule has 0 aromatic heterocycles. The third kappa shape index (κ3) is 2.78. The average Bonchev–Trinajstić information content (AvgIpc) is 2.38. The van der Waals surface area contributed by atoms with Gasteiger partial charge in [-0.25, -0.2) is 0 Å². The fourth-order valence-electron chi connectivity index (χ4n) is 2.43. The first kappa shape index (κ1) is 13.6. The predicted molar refractivity (Wildman–Crippen MR) is 72.2 cm³/mol. The van der Waals surface area contributed by atoms with Crippen molar-refractivity contribution in [3.05, 3.63) is 29.3 Å². The Balaban J connectivity index is 2.33. The monoisotopic (exact) mass is 261 g/mol. The van der Waals surface area contributed by atoms with Crippen molar-refractivity contribution in [1.82, 2.24) is 5.32 Å². The van der Waals surface area contributed by atoms with Crippen molar-refractivity contribution >= 4 is 11.8 Å². The van der Waals surface area contributed by atoms with Gasteiger partial charge in [0, 0.05) is 6.42 Å². The third-order valence-electron chi connectivity index (χ3n) is 3.52. The molecular formula is C15H19NO3. The second kappa shape index (κ2) is 5.43. The molecule has 2 rings (SSSR count). The van der Waals surface area contributed by atoms with E-state index < -0.39 is 0 Å². The summed E-state index contributed by atoms with van der Waals surface area (Å²) in [6.07, 6.45) is 0.980. The molecule has 4 heteroatoms. The molecular weight excluding hydrogens is 242 g/mol. The first-order chi connectivity index (χ1) is 9.02. The smallest absolute Gasteiger partial charge is 0.234 e. The van der Waals surface area contributed by atoms with Gasteiger partial charge in [-0.1, -0.05) is 26.0 Å². The van der Waals surface area contributed by atoms with Gasteiger partial charge in [-0.3, -0.25) is 14.9 Å². The zero-order valence-electron chi connectivity index (χ0n) is 11.5. The van der Waals surface area contributed by atoms with Crippen LogP contribution in [0.5, 0.6) is 5.75 Å². The molecule has 0 bridgehead atoms. The summed E-state index contributed by atoms with van der Waals surface area (Å²) < 4.78 is 5.34. The zero-order chi connectivity index (χ0) is 14.0. The fraction of sp³-hybridized carbons (Fsp3) is 0.467. The molecule has 1 N–H and O–H groups in total. The van der Waals surface area contributed by atoms with E-state index in [2.05, 4.69) is 19.2 Å². The molecule has 19 heavy (non-hydrogen) atoms. The summed E-state index contributed by atoms with van der Waals surface area (Å²) in [4.78, 5) is 23.1. The van der Waals surface area contributed by atoms with Crippen molar-refractivity contribution in [2.75, 3.05) is 7.11 Å². The Bertz CT molecular complexity index is 508. The van der Waals surface area contributed by atoms with E-state index in [1.807, 2.05) is 18.2 Å². The summed E-state index contributed by atoms with van der Waals surface area (Å²) in [5.74, 6) is 0.547. The zero-order valence-corrected chi connectivity index (χ0v) is 11.5. The van der Waals surface area contributed by atoms with Gasteiger partial charge in [-0.15, -0.1) is 0 Å². The number of amides is 2. The van der Waals surface area contributed by atoms with Gasteiger partial charge in [0.1, 0.15) is 5.75 Å². The lowest BCUT2D eigenvalue weighted by Crippen LogP contribution is -2.39. The minimum atomic E-state index is -0.235. The first-order valence-electron chi connectivity index (χ1n) is 6.54. The normalized spacial score (nSPS) is 19.5. The Morgan fingerprint density at radius 1 is 1.32 bits per heavy atom. The van der Waals surface area contributed by atoms with Gasteiger partial charge in [0.2, 0.25) is 11.8 Å². The van der Waals surface area contributed by atoms with Crippen LogP contribution in [0.4, 0.5) is 0 Å². The second-order valence-corrected chi connectivity index (χ2v) is 5.16. The van der Waals surface area contributed by atoms with Crippen LogP contribution in [0.1, 0.15) is 49.7 Å². The SMILES string of the molecule is COc1ccc(C2CCC(=O)NC2=O)cc1C(C)C. The van der Waals surface area contributed by atoms with Crippen LogP contribution in [0.25, 0.3) is 0 Å². The van der Waals surface area contributed by atoms with Gasteiger partial charge < -0.3 is 4.74 Å². The van der Waals surface area contributed by atoms with E-state index in [0.717, 1.165) is 16.9 Å². The maximum absolute atomic E-state index is 11.9. The molecule has 1 atom stereocenters. The number of hydrogen-bond acceptors (Lipinski definition) is 3. The Kier molecular flexibility index (Phi) is 3.88. The van der Waals surface area contributed by atoms with Crippen LogP contribution < -0.4 is 10.1 Å². The number of piperidine rings is 1. The molecule has 102 valence electrons. The summed E-state index contributed by atoms with van der Waals surface area (Å²) in [5.41, 5.74) is 2.04. The van der Waals surface area contributed by atoms with Crippen LogP contribution in [0.3, 0.4) is 0 Å².